The number of para-hydroxylation sites is 1. The fourth-order valence-corrected chi connectivity index (χ4v) is 4.73. The number of aromatic nitrogens is 1. The largest absolute Gasteiger partial charge is 0.507 e. The highest BCUT2D eigenvalue weighted by molar-refractivity contribution is 8.01. The van der Waals surface area contributed by atoms with E-state index in [0.29, 0.717) is 23.3 Å². The monoisotopic (exact) mass is 400 g/mol. The summed E-state index contributed by atoms with van der Waals surface area (Å²) in [4.78, 5) is 22.3. The molecule has 1 unspecified atom stereocenters. The molecule has 5 nitrogen and oxygen atoms in total. The van der Waals surface area contributed by atoms with Crippen molar-refractivity contribution < 1.29 is 9.52 Å². The molecule has 0 bridgehead atoms. The number of phenols is 1. The highest BCUT2D eigenvalue weighted by Gasteiger charge is 2.29. The zero-order chi connectivity index (χ0) is 19.8. The Morgan fingerprint density at radius 1 is 1.00 bits per heavy atom. The normalized spacial score (nSPS) is 15.7. The fourth-order valence-electron chi connectivity index (χ4n) is 3.49. The van der Waals surface area contributed by atoms with Gasteiger partial charge >= 0.3 is 5.63 Å². The van der Waals surface area contributed by atoms with Crippen molar-refractivity contribution >= 4 is 34.1 Å². The van der Waals surface area contributed by atoms with Gasteiger partial charge in [-0.2, -0.15) is 0 Å². The van der Waals surface area contributed by atoms with Gasteiger partial charge in [0, 0.05) is 34.7 Å². The summed E-state index contributed by atoms with van der Waals surface area (Å²) < 4.78 is 5.49. The van der Waals surface area contributed by atoms with Gasteiger partial charge in [-0.3, -0.25) is 9.98 Å². The topological polar surface area (TPSA) is 75.7 Å². The first-order valence-electron chi connectivity index (χ1n) is 9.19. The molecular formula is C23H16N2O3S. The van der Waals surface area contributed by atoms with Gasteiger partial charge in [-0.15, -0.1) is 11.8 Å². The lowest BCUT2D eigenvalue weighted by Gasteiger charge is -2.25. The highest BCUT2D eigenvalue weighted by Crippen LogP contribution is 2.42. The van der Waals surface area contributed by atoms with Crippen LogP contribution in [0.2, 0.25) is 0 Å². The predicted molar refractivity (Wildman–Crippen MR) is 114 cm³/mol. The summed E-state index contributed by atoms with van der Waals surface area (Å²) in [6.07, 6.45) is 2.40. The summed E-state index contributed by atoms with van der Waals surface area (Å²) in [5.41, 5.74) is 2.79. The van der Waals surface area contributed by atoms with Crippen LogP contribution in [-0.4, -0.2) is 21.1 Å². The molecule has 2 aromatic carbocycles. The lowest BCUT2D eigenvalue weighted by Crippen LogP contribution is -2.24. The van der Waals surface area contributed by atoms with Crippen molar-refractivity contribution in [2.75, 3.05) is 0 Å². The first-order valence-corrected chi connectivity index (χ1v) is 10.1. The Hall–Kier alpha value is -3.38. The van der Waals surface area contributed by atoms with Crippen LogP contribution in [0.1, 0.15) is 11.3 Å². The van der Waals surface area contributed by atoms with E-state index in [1.807, 2.05) is 42.5 Å². The van der Waals surface area contributed by atoms with E-state index in [2.05, 4.69) is 4.98 Å². The first-order chi connectivity index (χ1) is 14.2. The molecule has 142 valence electrons. The van der Waals surface area contributed by atoms with Crippen LogP contribution >= 0.6 is 11.8 Å². The minimum atomic E-state index is -0.463. The third-order valence-corrected chi connectivity index (χ3v) is 6.10. The van der Waals surface area contributed by atoms with Crippen LogP contribution in [0.15, 0.2) is 92.0 Å². The van der Waals surface area contributed by atoms with Crippen LogP contribution in [0.4, 0.5) is 5.69 Å². The SMILES string of the molecule is O=c1ccc2ccc(O)c(C3=Nc4ccccc4SC3Cc3ccccn3)c2o1. The van der Waals surface area contributed by atoms with Crippen molar-refractivity contribution in [3.05, 3.63) is 94.6 Å². The standard InChI is InChI=1S/C23H16N2O3S/c26-17-10-8-14-9-11-20(27)28-23(14)21(17)22-19(13-15-5-3-4-12-24-15)29-18-7-2-1-6-16(18)25-22/h1-12,19,26H,13H2. The summed E-state index contributed by atoms with van der Waals surface area (Å²) in [6, 6.07) is 20.1. The van der Waals surface area contributed by atoms with Crippen molar-refractivity contribution in [2.24, 2.45) is 4.99 Å². The van der Waals surface area contributed by atoms with Gasteiger partial charge in [0.1, 0.15) is 5.75 Å². The van der Waals surface area contributed by atoms with Crippen molar-refractivity contribution in [1.29, 1.82) is 0 Å². The second kappa shape index (κ2) is 7.22. The molecule has 1 N–H and O–H groups in total. The molecule has 0 amide bonds. The zero-order valence-electron chi connectivity index (χ0n) is 15.3. The van der Waals surface area contributed by atoms with E-state index in [1.165, 1.54) is 6.07 Å². The second-order valence-corrected chi connectivity index (χ2v) is 7.97. The van der Waals surface area contributed by atoms with Crippen LogP contribution in [0, 0.1) is 0 Å². The Labute approximate surface area is 170 Å². The molecule has 29 heavy (non-hydrogen) atoms. The van der Waals surface area contributed by atoms with Gasteiger partial charge in [-0.05, 0) is 42.5 Å². The Balaban J connectivity index is 1.73. The van der Waals surface area contributed by atoms with Gasteiger partial charge in [0.05, 0.1) is 22.2 Å². The molecule has 0 saturated heterocycles. The lowest BCUT2D eigenvalue weighted by molar-refractivity contribution is 0.471. The van der Waals surface area contributed by atoms with Crippen LogP contribution in [0.3, 0.4) is 0 Å². The minimum Gasteiger partial charge on any atom is -0.507 e. The Bertz CT molecular complexity index is 1300. The minimum absolute atomic E-state index is 0.0385. The number of hydrogen-bond donors (Lipinski definition) is 1. The fraction of sp³-hybridized carbons (Fsp3) is 0.0870. The quantitative estimate of drug-likeness (QED) is 0.503. The number of nitrogens with zero attached hydrogens (tertiary/aromatic N) is 2. The molecule has 0 aliphatic carbocycles. The van der Waals surface area contributed by atoms with Gasteiger partial charge in [-0.1, -0.05) is 18.2 Å². The van der Waals surface area contributed by atoms with E-state index in [0.717, 1.165) is 21.7 Å². The molecule has 6 heteroatoms. The zero-order valence-corrected chi connectivity index (χ0v) is 16.1. The summed E-state index contributed by atoms with van der Waals surface area (Å²) in [7, 11) is 0. The van der Waals surface area contributed by atoms with E-state index >= 15 is 0 Å². The van der Waals surface area contributed by atoms with Gasteiger partial charge in [0.2, 0.25) is 0 Å². The average Bonchev–Trinajstić information content (AvgIpc) is 2.74. The number of benzene rings is 2. The number of phenolic OH excluding ortho intramolecular Hbond substituents is 1. The van der Waals surface area contributed by atoms with Crippen molar-refractivity contribution in [3.63, 3.8) is 0 Å². The molecule has 4 aromatic rings. The van der Waals surface area contributed by atoms with Gasteiger partial charge < -0.3 is 9.52 Å². The molecule has 5 rings (SSSR count). The van der Waals surface area contributed by atoms with Crippen LogP contribution in [-0.2, 0) is 6.42 Å². The molecule has 0 saturated carbocycles. The van der Waals surface area contributed by atoms with E-state index in [9.17, 15) is 9.90 Å². The summed E-state index contributed by atoms with van der Waals surface area (Å²) in [6.45, 7) is 0. The Morgan fingerprint density at radius 2 is 1.83 bits per heavy atom. The first kappa shape index (κ1) is 17.7. The summed E-state index contributed by atoms with van der Waals surface area (Å²) >= 11 is 1.67. The van der Waals surface area contributed by atoms with Crippen LogP contribution < -0.4 is 5.63 Å². The molecule has 2 aromatic heterocycles. The van der Waals surface area contributed by atoms with E-state index < -0.39 is 5.63 Å². The van der Waals surface area contributed by atoms with Crippen molar-refractivity contribution in [1.82, 2.24) is 4.98 Å². The number of pyridine rings is 1. The third kappa shape index (κ3) is 3.32. The molecule has 3 heterocycles. The summed E-state index contributed by atoms with van der Waals surface area (Å²) in [5, 5.41) is 11.4. The number of fused-ring (bicyclic) bond motifs is 2. The molecule has 1 atom stereocenters. The van der Waals surface area contributed by atoms with Crippen molar-refractivity contribution in [2.45, 2.75) is 16.6 Å². The molecular weight excluding hydrogens is 384 g/mol. The highest BCUT2D eigenvalue weighted by atomic mass is 32.2. The Morgan fingerprint density at radius 3 is 2.69 bits per heavy atom. The maximum absolute atomic E-state index is 11.9. The summed E-state index contributed by atoms with van der Waals surface area (Å²) in [5.74, 6) is 0.0385. The lowest BCUT2D eigenvalue weighted by atomic mass is 9.99. The maximum atomic E-state index is 11.9. The van der Waals surface area contributed by atoms with Crippen LogP contribution in [0.25, 0.3) is 11.0 Å². The molecule has 0 radical (unpaired) electrons. The second-order valence-electron chi connectivity index (χ2n) is 6.73. The molecule has 1 aliphatic heterocycles. The third-order valence-electron chi connectivity index (χ3n) is 4.82. The van der Waals surface area contributed by atoms with E-state index in [-0.39, 0.29) is 11.0 Å². The molecule has 0 spiro atoms. The van der Waals surface area contributed by atoms with Gasteiger partial charge in [0.15, 0.2) is 5.58 Å². The van der Waals surface area contributed by atoms with Crippen molar-refractivity contribution in [3.8, 4) is 5.75 Å². The average molecular weight is 400 g/mol. The Kier molecular flexibility index (Phi) is 4.41. The number of rotatable bonds is 3. The van der Waals surface area contributed by atoms with Crippen LogP contribution in [0.5, 0.6) is 5.75 Å². The van der Waals surface area contributed by atoms with Gasteiger partial charge in [-0.25, -0.2) is 4.79 Å². The molecule has 1 aliphatic rings. The number of aliphatic imine (C=N–C) groups is 1. The van der Waals surface area contributed by atoms with E-state index in [1.54, 1.807) is 36.2 Å². The smallest absolute Gasteiger partial charge is 0.336 e. The number of thioether (sulfide) groups is 1. The molecule has 0 fully saturated rings. The maximum Gasteiger partial charge on any atom is 0.336 e. The number of hydrogen-bond acceptors (Lipinski definition) is 6. The number of aromatic hydroxyl groups is 1. The van der Waals surface area contributed by atoms with E-state index in [4.69, 9.17) is 9.41 Å². The van der Waals surface area contributed by atoms with Gasteiger partial charge in [0.25, 0.3) is 0 Å². The predicted octanol–water partition coefficient (Wildman–Crippen LogP) is 4.73.